The topological polar surface area (TPSA) is 52.3 Å². The van der Waals surface area contributed by atoms with Crippen LogP contribution >= 0.6 is 0 Å². The molecule has 2 aliphatic carbocycles. The third kappa shape index (κ3) is 1.05. The van der Waals surface area contributed by atoms with Crippen LogP contribution in [-0.2, 0) is 9.53 Å². The van der Waals surface area contributed by atoms with Crippen molar-refractivity contribution in [3.8, 4) is 0 Å². The number of esters is 1. The molecule has 0 aliphatic heterocycles. The highest BCUT2D eigenvalue weighted by atomic mass is 16.6. The van der Waals surface area contributed by atoms with E-state index in [0.29, 0.717) is 24.3 Å². The van der Waals surface area contributed by atoms with Crippen LogP contribution in [0.4, 0.5) is 0 Å². The van der Waals surface area contributed by atoms with Crippen LogP contribution in [-0.4, -0.2) is 18.1 Å². The lowest BCUT2D eigenvalue weighted by Crippen LogP contribution is -2.65. The molecular weight excluding hydrogens is 178 g/mol. The van der Waals surface area contributed by atoms with Crippen molar-refractivity contribution in [1.82, 2.24) is 0 Å². The van der Waals surface area contributed by atoms with Crippen LogP contribution in [0, 0.1) is 17.8 Å². The number of fused-ring (bicyclic) bond motifs is 1. The Morgan fingerprint density at radius 1 is 1.71 bits per heavy atom. The fourth-order valence-electron chi connectivity index (χ4n) is 3.07. The average molecular weight is 195 g/mol. The van der Waals surface area contributed by atoms with Gasteiger partial charge in [-0.15, -0.1) is 0 Å². The van der Waals surface area contributed by atoms with Gasteiger partial charge in [-0.05, 0) is 12.3 Å². The second-order valence-corrected chi connectivity index (χ2v) is 4.39. The number of ether oxygens (including phenoxy) is 1. The predicted octanol–water partition coefficient (Wildman–Crippen LogP) is 1.09. The van der Waals surface area contributed by atoms with E-state index in [1.165, 1.54) is 6.92 Å². The largest absolute Gasteiger partial charge is 0.457 e. The van der Waals surface area contributed by atoms with Gasteiger partial charge in [0.25, 0.3) is 0 Å². The molecule has 0 bridgehead atoms. The maximum absolute atomic E-state index is 11.0. The molecular formula is C11H17NO2. The fourth-order valence-corrected chi connectivity index (χ4v) is 3.07. The molecule has 0 amide bonds. The van der Waals surface area contributed by atoms with E-state index in [0.717, 1.165) is 6.42 Å². The van der Waals surface area contributed by atoms with Gasteiger partial charge in [0.2, 0.25) is 0 Å². The molecule has 4 atom stereocenters. The summed E-state index contributed by atoms with van der Waals surface area (Å²) in [5.41, 5.74) is 5.37. The normalized spacial score (nSPS) is 44.4. The lowest BCUT2D eigenvalue weighted by Gasteiger charge is -2.56. The summed E-state index contributed by atoms with van der Waals surface area (Å²) >= 11 is 0. The molecule has 1 fully saturated rings. The third-order valence-corrected chi connectivity index (χ3v) is 3.84. The fraction of sp³-hybridized carbons (Fsp3) is 0.727. The summed E-state index contributed by atoms with van der Waals surface area (Å²) in [7, 11) is 0. The molecule has 14 heavy (non-hydrogen) atoms. The molecule has 2 rings (SSSR count). The SMILES string of the molecule is CC(=O)O[C@@]1(CN)[C@H](C)[C@@H]2C=CC[C@@H]21. The first kappa shape index (κ1) is 9.71. The maximum atomic E-state index is 11.0. The Bertz CT molecular complexity index is 287. The van der Waals surface area contributed by atoms with Crippen LogP contribution in [0.1, 0.15) is 20.3 Å². The molecule has 0 radical (unpaired) electrons. The molecule has 2 aliphatic rings. The summed E-state index contributed by atoms with van der Waals surface area (Å²) < 4.78 is 5.45. The molecule has 0 spiro atoms. The average Bonchev–Trinajstić information content (AvgIpc) is 2.59. The number of hydrogen-bond donors (Lipinski definition) is 1. The molecule has 0 aromatic heterocycles. The van der Waals surface area contributed by atoms with E-state index in [2.05, 4.69) is 19.1 Å². The number of rotatable bonds is 2. The standard InChI is InChI=1S/C11H17NO2/c1-7-9-4-3-5-10(9)11(7,6-12)14-8(2)13/h3-4,7,9-10H,5-6,12H2,1-2H3/t7-,9+,10+,11+/m1/s1. The number of hydrogen-bond acceptors (Lipinski definition) is 3. The third-order valence-electron chi connectivity index (χ3n) is 3.84. The van der Waals surface area contributed by atoms with E-state index in [-0.39, 0.29) is 11.6 Å². The first-order valence-corrected chi connectivity index (χ1v) is 5.18. The Hall–Kier alpha value is -0.830. The summed E-state index contributed by atoms with van der Waals surface area (Å²) in [5, 5.41) is 0. The van der Waals surface area contributed by atoms with Gasteiger partial charge >= 0.3 is 5.97 Å². The van der Waals surface area contributed by atoms with Gasteiger partial charge in [-0.1, -0.05) is 19.1 Å². The van der Waals surface area contributed by atoms with Crippen LogP contribution in [0.25, 0.3) is 0 Å². The van der Waals surface area contributed by atoms with Crippen LogP contribution in [0.15, 0.2) is 12.2 Å². The van der Waals surface area contributed by atoms with Crippen molar-refractivity contribution >= 4 is 5.97 Å². The molecule has 0 unspecified atom stereocenters. The van der Waals surface area contributed by atoms with E-state index in [9.17, 15) is 4.79 Å². The van der Waals surface area contributed by atoms with Gasteiger partial charge in [-0.2, -0.15) is 0 Å². The molecule has 3 heteroatoms. The molecule has 0 saturated heterocycles. The minimum absolute atomic E-state index is 0.215. The Morgan fingerprint density at radius 2 is 2.43 bits per heavy atom. The molecule has 2 N–H and O–H groups in total. The zero-order valence-corrected chi connectivity index (χ0v) is 8.69. The second kappa shape index (κ2) is 3.09. The van der Waals surface area contributed by atoms with Gasteiger partial charge in [-0.3, -0.25) is 4.79 Å². The summed E-state index contributed by atoms with van der Waals surface area (Å²) in [6, 6.07) is 0. The first-order chi connectivity index (χ1) is 6.62. The van der Waals surface area contributed by atoms with Crippen LogP contribution in [0.3, 0.4) is 0 Å². The maximum Gasteiger partial charge on any atom is 0.303 e. The van der Waals surface area contributed by atoms with Crippen LogP contribution < -0.4 is 5.73 Å². The number of allylic oxidation sites excluding steroid dienone is 2. The van der Waals surface area contributed by atoms with Crippen molar-refractivity contribution in [2.24, 2.45) is 23.5 Å². The van der Waals surface area contributed by atoms with Crippen molar-refractivity contribution < 1.29 is 9.53 Å². The monoisotopic (exact) mass is 195 g/mol. The lowest BCUT2D eigenvalue weighted by molar-refractivity contribution is -0.205. The van der Waals surface area contributed by atoms with Gasteiger partial charge in [0.1, 0.15) is 5.60 Å². The Balaban J connectivity index is 2.17. The molecule has 78 valence electrons. The van der Waals surface area contributed by atoms with Crippen molar-refractivity contribution in [3.05, 3.63) is 12.2 Å². The van der Waals surface area contributed by atoms with Crippen molar-refractivity contribution in [2.45, 2.75) is 25.9 Å². The van der Waals surface area contributed by atoms with E-state index < -0.39 is 0 Å². The van der Waals surface area contributed by atoms with E-state index in [4.69, 9.17) is 10.5 Å². The van der Waals surface area contributed by atoms with E-state index in [1.54, 1.807) is 0 Å². The molecule has 0 aromatic carbocycles. The Kier molecular flexibility index (Phi) is 2.14. The van der Waals surface area contributed by atoms with Crippen molar-refractivity contribution in [1.29, 1.82) is 0 Å². The number of nitrogens with two attached hydrogens (primary N) is 1. The summed E-state index contributed by atoms with van der Waals surface area (Å²) in [5.74, 6) is 1.14. The summed E-state index contributed by atoms with van der Waals surface area (Å²) in [6.45, 7) is 4.02. The number of carbonyl (C=O) groups is 1. The van der Waals surface area contributed by atoms with Crippen LogP contribution in [0.5, 0.6) is 0 Å². The molecule has 1 saturated carbocycles. The highest BCUT2D eigenvalue weighted by Gasteiger charge is 2.61. The van der Waals surface area contributed by atoms with Gasteiger partial charge in [0.05, 0.1) is 0 Å². The molecule has 3 nitrogen and oxygen atoms in total. The van der Waals surface area contributed by atoms with Gasteiger partial charge in [0.15, 0.2) is 0 Å². The van der Waals surface area contributed by atoms with Crippen LogP contribution in [0.2, 0.25) is 0 Å². The van der Waals surface area contributed by atoms with Gasteiger partial charge < -0.3 is 10.5 Å². The highest BCUT2D eigenvalue weighted by Crippen LogP contribution is 2.56. The quantitative estimate of drug-likeness (QED) is 0.530. The highest BCUT2D eigenvalue weighted by molar-refractivity contribution is 5.67. The molecule has 0 heterocycles. The second-order valence-electron chi connectivity index (χ2n) is 4.39. The van der Waals surface area contributed by atoms with E-state index in [1.807, 2.05) is 0 Å². The van der Waals surface area contributed by atoms with E-state index >= 15 is 0 Å². The smallest absolute Gasteiger partial charge is 0.303 e. The first-order valence-electron chi connectivity index (χ1n) is 5.18. The minimum Gasteiger partial charge on any atom is -0.457 e. The zero-order valence-electron chi connectivity index (χ0n) is 8.69. The van der Waals surface area contributed by atoms with Gasteiger partial charge in [-0.25, -0.2) is 0 Å². The summed E-state index contributed by atoms with van der Waals surface area (Å²) in [6.07, 6.45) is 5.40. The number of carbonyl (C=O) groups excluding carboxylic acids is 1. The summed E-state index contributed by atoms with van der Waals surface area (Å²) in [4.78, 5) is 11.0. The Labute approximate surface area is 84.3 Å². The van der Waals surface area contributed by atoms with Gasteiger partial charge in [0, 0.05) is 25.3 Å². The zero-order chi connectivity index (χ0) is 10.3. The minimum atomic E-state index is -0.389. The Morgan fingerprint density at radius 3 is 3.00 bits per heavy atom. The van der Waals surface area contributed by atoms with Crippen molar-refractivity contribution in [2.75, 3.05) is 6.54 Å². The predicted molar refractivity (Wildman–Crippen MR) is 53.5 cm³/mol. The molecule has 0 aromatic rings. The lowest BCUT2D eigenvalue weighted by atomic mass is 9.55. The van der Waals surface area contributed by atoms with Crippen molar-refractivity contribution in [3.63, 3.8) is 0 Å².